The number of hydrogen-bond donors (Lipinski definition) is 0. The van der Waals surface area contributed by atoms with Crippen LogP contribution in [-0.4, -0.2) is 58.2 Å². The number of hydrogen-bond acceptors (Lipinski definition) is 3. The Morgan fingerprint density at radius 3 is 2.44 bits per heavy atom. The van der Waals surface area contributed by atoms with E-state index < -0.39 is 0 Å². The van der Waals surface area contributed by atoms with Crippen LogP contribution in [0.25, 0.3) is 10.8 Å². The van der Waals surface area contributed by atoms with Gasteiger partial charge in [-0.25, -0.2) is 0 Å². The summed E-state index contributed by atoms with van der Waals surface area (Å²) in [6, 6.07) is 16.2. The third-order valence-corrected chi connectivity index (χ3v) is 5.41. The minimum absolute atomic E-state index is 0.144. The zero-order valence-electron chi connectivity index (χ0n) is 16.1. The van der Waals surface area contributed by atoms with Crippen molar-refractivity contribution in [3.05, 3.63) is 65.5 Å². The monoisotopic (exact) mass is 362 g/mol. The number of carbonyl (C=O) groups is 1. The summed E-state index contributed by atoms with van der Waals surface area (Å²) in [6.07, 6.45) is 0. The van der Waals surface area contributed by atoms with Crippen molar-refractivity contribution in [1.29, 1.82) is 0 Å². The molecule has 2 heterocycles. The van der Waals surface area contributed by atoms with Gasteiger partial charge in [-0.05, 0) is 36.8 Å². The van der Waals surface area contributed by atoms with E-state index in [0.717, 1.165) is 61.3 Å². The molecule has 0 radical (unpaired) electrons. The lowest BCUT2D eigenvalue weighted by Gasteiger charge is -2.35. The fourth-order valence-corrected chi connectivity index (χ4v) is 3.89. The molecule has 0 atom stereocenters. The molecule has 0 unspecified atom stereocenters. The maximum atomic E-state index is 13.0. The molecule has 1 aliphatic rings. The molecular formula is C22H26N4O. The number of aromatic nitrogens is 2. The molecule has 2 aromatic carbocycles. The Kier molecular flexibility index (Phi) is 4.94. The van der Waals surface area contributed by atoms with Gasteiger partial charge in [-0.15, -0.1) is 0 Å². The molecule has 0 spiro atoms. The Balaban J connectivity index is 1.37. The van der Waals surface area contributed by atoms with E-state index in [2.05, 4.69) is 39.8 Å². The van der Waals surface area contributed by atoms with Gasteiger partial charge in [0.25, 0.3) is 5.91 Å². The van der Waals surface area contributed by atoms with Crippen LogP contribution in [0, 0.1) is 13.8 Å². The number of amides is 1. The Bertz CT molecular complexity index is 949. The van der Waals surface area contributed by atoms with Gasteiger partial charge in [0.05, 0.1) is 12.2 Å². The van der Waals surface area contributed by atoms with Crippen LogP contribution in [0.5, 0.6) is 0 Å². The van der Waals surface area contributed by atoms with Crippen molar-refractivity contribution in [3.63, 3.8) is 0 Å². The number of aryl methyl sites for hydroxylation is 2. The van der Waals surface area contributed by atoms with Crippen molar-refractivity contribution in [2.24, 2.45) is 0 Å². The van der Waals surface area contributed by atoms with E-state index in [1.807, 2.05) is 42.2 Å². The van der Waals surface area contributed by atoms with Crippen LogP contribution in [0.2, 0.25) is 0 Å². The van der Waals surface area contributed by atoms with Gasteiger partial charge in [0, 0.05) is 44.0 Å². The predicted molar refractivity (Wildman–Crippen MR) is 108 cm³/mol. The first-order valence-corrected chi connectivity index (χ1v) is 9.62. The van der Waals surface area contributed by atoms with E-state index in [9.17, 15) is 4.79 Å². The third-order valence-electron chi connectivity index (χ3n) is 5.41. The summed E-state index contributed by atoms with van der Waals surface area (Å²) in [6.45, 7) is 9.38. The lowest BCUT2D eigenvalue weighted by molar-refractivity contribution is 0.0633. The van der Waals surface area contributed by atoms with Crippen LogP contribution in [0.4, 0.5) is 0 Å². The molecule has 1 fully saturated rings. The molecule has 140 valence electrons. The summed E-state index contributed by atoms with van der Waals surface area (Å²) in [4.78, 5) is 17.4. The fourth-order valence-electron chi connectivity index (χ4n) is 3.89. The molecule has 1 aromatic heterocycles. The van der Waals surface area contributed by atoms with E-state index in [1.54, 1.807) is 0 Å². The van der Waals surface area contributed by atoms with E-state index in [4.69, 9.17) is 0 Å². The highest BCUT2D eigenvalue weighted by Gasteiger charge is 2.23. The van der Waals surface area contributed by atoms with Crippen molar-refractivity contribution < 1.29 is 4.79 Å². The number of rotatable bonds is 4. The highest BCUT2D eigenvalue weighted by atomic mass is 16.2. The fraction of sp³-hybridized carbons (Fsp3) is 0.364. The number of fused-ring (bicyclic) bond motifs is 1. The summed E-state index contributed by atoms with van der Waals surface area (Å²) in [5.74, 6) is 0.144. The van der Waals surface area contributed by atoms with Gasteiger partial charge in [0.2, 0.25) is 0 Å². The number of piperazine rings is 1. The van der Waals surface area contributed by atoms with Crippen molar-refractivity contribution in [3.8, 4) is 0 Å². The molecule has 27 heavy (non-hydrogen) atoms. The smallest absolute Gasteiger partial charge is 0.254 e. The largest absolute Gasteiger partial charge is 0.336 e. The van der Waals surface area contributed by atoms with Gasteiger partial charge in [-0.1, -0.05) is 36.4 Å². The first-order valence-electron chi connectivity index (χ1n) is 9.62. The zero-order valence-corrected chi connectivity index (χ0v) is 16.1. The van der Waals surface area contributed by atoms with Crippen LogP contribution < -0.4 is 0 Å². The lowest BCUT2D eigenvalue weighted by atomic mass is 10.0. The summed E-state index contributed by atoms with van der Waals surface area (Å²) in [7, 11) is 0. The van der Waals surface area contributed by atoms with Gasteiger partial charge < -0.3 is 4.90 Å². The average molecular weight is 362 g/mol. The van der Waals surface area contributed by atoms with Crippen LogP contribution in [-0.2, 0) is 6.54 Å². The Morgan fingerprint density at radius 2 is 1.70 bits per heavy atom. The van der Waals surface area contributed by atoms with Crippen LogP contribution in [0.3, 0.4) is 0 Å². The molecule has 0 N–H and O–H groups in total. The Morgan fingerprint density at radius 1 is 0.963 bits per heavy atom. The van der Waals surface area contributed by atoms with Gasteiger partial charge in [0.1, 0.15) is 0 Å². The van der Waals surface area contributed by atoms with Gasteiger partial charge in [-0.3, -0.25) is 14.4 Å². The first kappa shape index (κ1) is 17.7. The standard InChI is InChI=1S/C22H26N4O/c1-17-16-18(2)26(23-17)15-12-24-10-13-25(14-11-24)22(27)21-9-5-7-19-6-3-4-8-20(19)21/h3-9,16H,10-15H2,1-2H3. The zero-order chi connectivity index (χ0) is 18.8. The summed E-state index contributed by atoms with van der Waals surface area (Å²) in [5.41, 5.74) is 3.08. The van der Waals surface area contributed by atoms with Crippen LogP contribution in [0.1, 0.15) is 21.7 Å². The van der Waals surface area contributed by atoms with Crippen LogP contribution in [0.15, 0.2) is 48.5 Å². The molecule has 0 bridgehead atoms. The molecular weight excluding hydrogens is 336 g/mol. The molecule has 5 nitrogen and oxygen atoms in total. The highest BCUT2D eigenvalue weighted by Crippen LogP contribution is 2.20. The molecule has 5 heteroatoms. The Labute approximate surface area is 160 Å². The predicted octanol–water partition coefficient (Wildman–Crippen LogP) is 3.11. The number of benzene rings is 2. The maximum absolute atomic E-state index is 13.0. The molecule has 0 aliphatic carbocycles. The van der Waals surface area contributed by atoms with E-state index in [1.165, 1.54) is 5.69 Å². The van der Waals surface area contributed by atoms with Gasteiger partial charge >= 0.3 is 0 Å². The summed E-state index contributed by atoms with van der Waals surface area (Å²) in [5, 5.41) is 6.69. The Hall–Kier alpha value is -2.66. The second-order valence-electron chi connectivity index (χ2n) is 7.31. The van der Waals surface area contributed by atoms with E-state index in [0.29, 0.717) is 0 Å². The number of carbonyl (C=O) groups excluding carboxylic acids is 1. The topological polar surface area (TPSA) is 41.4 Å². The van der Waals surface area contributed by atoms with Gasteiger partial charge in [-0.2, -0.15) is 5.10 Å². The first-order chi connectivity index (χ1) is 13.1. The molecule has 1 amide bonds. The lowest BCUT2D eigenvalue weighted by Crippen LogP contribution is -2.49. The van der Waals surface area contributed by atoms with Crippen LogP contribution >= 0.6 is 0 Å². The van der Waals surface area contributed by atoms with Crippen molar-refractivity contribution in [2.45, 2.75) is 20.4 Å². The van der Waals surface area contributed by atoms with Gasteiger partial charge in [0.15, 0.2) is 0 Å². The maximum Gasteiger partial charge on any atom is 0.254 e. The summed E-state index contributed by atoms with van der Waals surface area (Å²) < 4.78 is 2.07. The normalized spacial score (nSPS) is 15.4. The minimum Gasteiger partial charge on any atom is -0.336 e. The molecule has 1 aliphatic heterocycles. The number of nitrogens with zero attached hydrogens (tertiary/aromatic N) is 4. The van der Waals surface area contributed by atoms with E-state index >= 15 is 0 Å². The average Bonchev–Trinajstić information content (AvgIpc) is 3.03. The summed E-state index contributed by atoms with van der Waals surface area (Å²) >= 11 is 0. The highest BCUT2D eigenvalue weighted by molar-refractivity contribution is 6.07. The van der Waals surface area contributed by atoms with E-state index in [-0.39, 0.29) is 5.91 Å². The third kappa shape index (κ3) is 3.74. The molecule has 4 rings (SSSR count). The minimum atomic E-state index is 0.144. The van der Waals surface area contributed by atoms with Crippen molar-refractivity contribution in [1.82, 2.24) is 19.6 Å². The molecule has 3 aromatic rings. The second kappa shape index (κ2) is 7.53. The molecule has 1 saturated heterocycles. The van der Waals surface area contributed by atoms with Crippen molar-refractivity contribution in [2.75, 3.05) is 32.7 Å². The second-order valence-corrected chi connectivity index (χ2v) is 7.31. The quantitative estimate of drug-likeness (QED) is 0.716. The van der Waals surface area contributed by atoms with Crippen molar-refractivity contribution >= 4 is 16.7 Å². The SMILES string of the molecule is Cc1cc(C)n(CCN2CCN(C(=O)c3cccc4ccccc34)CC2)n1. The molecule has 0 saturated carbocycles.